The van der Waals surface area contributed by atoms with Crippen LogP contribution in [0.3, 0.4) is 0 Å². The van der Waals surface area contributed by atoms with E-state index in [9.17, 15) is 18.3 Å². The van der Waals surface area contributed by atoms with Gasteiger partial charge in [0.1, 0.15) is 27.4 Å². The summed E-state index contributed by atoms with van der Waals surface area (Å²) < 4.78 is 35.9. The molecule has 2 atom stereocenters. The average Bonchev–Trinajstić information content (AvgIpc) is 3.50. The van der Waals surface area contributed by atoms with Gasteiger partial charge in [0.25, 0.3) is 0 Å². The van der Waals surface area contributed by atoms with E-state index in [0.29, 0.717) is 13.0 Å². The van der Waals surface area contributed by atoms with E-state index < -0.39 is 15.8 Å². The summed E-state index contributed by atoms with van der Waals surface area (Å²) in [6.07, 6.45) is 2.44. The maximum absolute atomic E-state index is 11.7. The molecule has 0 saturated heterocycles. The Labute approximate surface area is 241 Å². The molecule has 1 heterocycles. The highest BCUT2D eigenvalue weighted by Gasteiger charge is 2.29. The van der Waals surface area contributed by atoms with Crippen molar-refractivity contribution in [2.24, 2.45) is 0 Å². The first-order chi connectivity index (χ1) is 19.1. The Kier molecular flexibility index (Phi) is 8.47. The number of benzene rings is 3. The molecular weight excluding hydrogens is 544 g/mol. The molecule has 212 valence electrons. The third kappa shape index (κ3) is 6.18. The van der Waals surface area contributed by atoms with Crippen LogP contribution in [0.4, 0.5) is 0 Å². The third-order valence-electron chi connectivity index (χ3n) is 7.86. The molecule has 8 heteroatoms. The second-order valence-corrected chi connectivity index (χ2v) is 14.2. The van der Waals surface area contributed by atoms with Crippen LogP contribution in [0.1, 0.15) is 66.0 Å². The SMILES string of the molecule is CCS(=O)(=O)CCCOc1cc(C)c(-c2cccc3c2CCC3Oc2ccc3c(c2)SC[C@H]3CC(=O)O)c(C)c1. The van der Waals surface area contributed by atoms with E-state index in [4.69, 9.17) is 9.47 Å². The number of hydrogen-bond donors (Lipinski definition) is 1. The Morgan fingerprint density at radius 3 is 2.55 bits per heavy atom. The standard InChI is InChI=1S/C32H36O6S2/c1-4-40(35,36)14-6-13-37-24-15-20(2)32(21(3)16-24)28-8-5-7-27-26(28)11-12-29(27)38-23-9-10-25-22(17-31(33)34)19-39-30(25)18-23/h5,7-10,15-16,18,22,29H,4,6,11-14,17,19H2,1-3H3,(H,33,34)/t22-,29?/m1/s1. The van der Waals surface area contributed by atoms with E-state index in [1.54, 1.807) is 18.7 Å². The van der Waals surface area contributed by atoms with E-state index >= 15 is 0 Å². The molecule has 0 bridgehead atoms. The molecule has 5 rings (SSSR count). The Hall–Kier alpha value is -2.97. The third-order valence-corrected chi connectivity index (χ3v) is 10.9. The van der Waals surface area contributed by atoms with Gasteiger partial charge < -0.3 is 14.6 Å². The van der Waals surface area contributed by atoms with E-state index in [0.717, 1.165) is 51.7 Å². The Morgan fingerprint density at radius 1 is 1.05 bits per heavy atom. The van der Waals surface area contributed by atoms with E-state index in [-0.39, 0.29) is 29.9 Å². The molecule has 0 saturated carbocycles. The highest BCUT2D eigenvalue weighted by Crippen LogP contribution is 2.45. The van der Waals surface area contributed by atoms with Crippen molar-refractivity contribution in [3.05, 3.63) is 76.3 Å². The summed E-state index contributed by atoms with van der Waals surface area (Å²) in [6.45, 7) is 6.24. The highest BCUT2D eigenvalue weighted by molar-refractivity contribution is 7.99. The number of carboxylic acid groups (broad SMARTS) is 1. The molecule has 1 unspecified atom stereocenters. The molecule has 0 spiro atoms. The van der Waals surface area contributed by atoms with Crippen LogP contribution in [0.5, 0.6) is 11.5 Å². The van der Waals surface area contributed by atoms with Crippen molar-refractivity contribution in [3.63, 3.8) is 0 Å². The van der Waals surface area contributed by atoms with Crippen molar-refractivity contribution in [2.45, 2.75) is 63.4 Å². The lowest BCUT2D eigenvalue weighted by molar-refractivity contribution is -0.137. The molecule has 6 nitrogen and oxygen atoms in total. The van der Waals surface area contributed by atoms with Crippen LogP contribution in [0.15, 0.2) is 53.4 Å². The smallest absolute Gasteiger partial charge is 0.303 e. The molecule has 40 heavy (non-hydrogen) atoms. The summed E-state index contributed by atoms with van der Waals surface area (Å²) in [5, 5.41) is 9.21. The van der Waals surface area contributed by atoms with E-state index in [1.807, 2.05) is 24.3 Å². The second kappa shape index (κ2) is 11.9. The van der Waals surface area contributed by atoms with Gasteiger partial charge >= 0.3 is 5.97 Å². The summed E-state index contributed by atoms with van der Waals surface area (Å²) in [5.74, 6) is 1.99. The first kappa shape index (κ1) is 28.6. The van der Waals surface area contributed by atoms with Crippen LogP contribution in [-0.4, -0.2) is 43.4 Å². The number of aryl methyl sites for hydroxylation is 2. The zero-order valence-electron chi connectivity index (χ0n) is 23.2. The molecule has 0 amide bonds. The number of carbonyl (C=O) groups is 1. The fourth-order valence-corrected chi connectivity index (χ4v) is 8.02. The van der Waals surface area contributed by atoms with Crippen molar-refractivity contribution in [1.29, 1.82) is 0 Å². The fourth-order valence-electron chi connectivity index (χ4n) is 5.89. The van der Waals surface area contributed by atoms with E-state index in [2.05, 4.69) is 38.1 Å². The molecule has 0 aromatic heterocycles. The number of hydrogen-bond acceptors (Lipinski definition) is 6. The van der Waals surface area contributed by atoms with Crippen LogP contribution in [0.2, 0.25) is 0 Å². The largest absolute Gasteiger partial charge is 0.494 e. The van der Waals surface area contributed by atoms with Gasteiger partial charge in [-0.15, -0.1) is 11.8 Å². The second-order valence-electron chi connectivity index (χ2n) is 10.7. The highest BCUT2D eigenvalue weighted by atomic mass is 32.2. The molecule has 1 aliphatic heterocycles. The number of thioether (sulfide) groups is 1. The van der Waals surface area contributed by atoms with Crippen LogP contribution >= 0.6 is 11.8 Å². The van der Waals surface area contributed by atoms with Gasteiger partial charge in [-0.05, 0) is 96.3 Å². The maximum Gasteiger partial charge on any atom is 0.303 e. The number of fused-ring (bicyclic) bond motifs is 2. The normalized spacial score (nSPS) is 17.9. The van der Waals surface area contributed by atoms with Crippen molar-refractivity contribution >= 4 is 27.6 Å². The minimum absolute atomic E-state index is 0.0307. The zero-order chi connectivity index (χ0) is 28.4. The van der Waals surface area contributed by atoms with Gasteiger partial charge in [-0.25, -0.2) is 8.42 Å². The molecule has 1 aliphatic carbocycles. The quantitative estimate of drug-likeness (QED) is 0.247. The number of aliphatic carboxylic acids is 1. The Bertz CT molecular complexity index is 1510. The topological polar surface area (TPSA) is 89.9 Å². The summed E-state index contributed by atoms with van der Waals surface area (Å²) >= 11 is 1.71. The first-order valence-corrected chi connectivity index (χ1v) is 16.7. The lowest BCUT2D eigenvalue weighted by Gasteiger charge is -2.19. The van der Waals surface area contributed by atoms with Crippen molar-refractivity contribution < 1.29 is 27.8 Å². The molecule has 3 aromatic rings. The molecule has 0 radical (unpaired) electrons. The number of sulfone groups is 1. The molecule has 1 N–H and O–H groups in total. The van der Waals surface area contributed by atoms with Crippen molar-refractivity contribution in [3.8, 4) is 22.6 Å². The van der Waals surface area contributed by atoms with Crippen LogP contribution < -0.4 is 9.47 Å². The van der Waals surface area contributed by atoms with Gasteiger partial charge in [0.05, 0.1) is 18.8 Å². The Morgan fingerprint density at radius 2 is 1.82 bits per heavy atom. The molecule has 3 aromatic carbocycles. The van der Waals surface area contributed by atoms with Crippen LogP contribution in [-0.2, 0) is 21.1 Å². The predicted molar refractivity (Wildman–Crippen MR) is 160 cm³/mol. The van der Waals surface area contributed by atoms with Gasteiger partial charge in [-0.2, -0.15) is 0 Å². The van der Waals surface area contributed by atoms with Gasteiger partial charge in [0.2, 0.25) is 0 Å². The van der Waals surface area contributed by atoms with E-state index in [1.165, 1.54) is 22.3 Å². The van der Waals surface area contributed by atoms with Crippen LogP contribution in [0, 0.1) is 13.8 Å². The van der Waals surface area contributed by atoms with Gasteiger partial charge in [-0.3, -0.25) is 4.79 Å². The summed E-state index contributed by atoms with van der Waals surface area (Å²) in [4.78, 5) is 12.3. The minimum Gasteiger partial charge on any atom is -0.494 e. The number of ether oxygens (including phenoxy) is 2. The average molecular weight is 581 g/mol. The summed E-state index contributed by atoms with van der Waals surface area (Å²) in [5.41, 5.74) is 8.32. The summed E-state index contributed by atoms with van der Waals surface area (Å²) in [6, 6.07) is 16.6. The predicted octanol–water partition coefficient (Wildman–Crippen LogP) is 6.90. The van der Waals surface area contributed by atoms with Crippen molar-refractivity contribution in [2.75, 3.05) is 23.9 Å². The lowest BCUT2D eigenvalue weighted by atomic mass is 9.90. The first-order valence-electron chi connectivity index (χ1n) is 13.9. The Balaban J connectivity index is 1.31. The zero-order valence-corrected chi connectivity index (χ0v) is 24.9. The van der Waals surface area contributed by atoms with Crippen molar-refractivity contribution in [1.82, 2.24) is 0 Å². The molecule has 0 fully saturated rings. The molecular formula is C32H36O6S2. The maximum atomic E-state index is 11.7. The minimum atomic E-state index is -2.98. The monoisotopic (exact) mass is 580 g/mol. The van der Waals surface area contributed by atoms with Gasteiger partial charge in [0.15, 0.2) is 0 Å². The number of carboxylic acids is 1. The van der Waals surface area contributed by atoms with Crippen LogP contribution in [0.25, 0.3) is 11.1 Å². The van der Waals surface area contributed by atoms with Gasteiger partial charge in [-0.1, -0.05) is 31.2 Å². The lowest BCUT2D eigenvalue weighted by Crippen LogP contribution is -2.12. The summed E-state index contributed by atoms with van der Waals surface area (Å²) in [7, 11) is -2.98. The molecule has 2 aliphatic rings. The fraction of sp³-hybridized carbons (Fsp3) is 0.406. The van der Waals surface area contributed by atoms with Gasteiger partial charge in [0, 0.05) is 22.3 Å². The number of rotatable bonds is 11.